The largest absolute Gasteiger partial charge is 0.481 e. The Kier molecular flexibility index (Phi) is 6.58. The second-order valence-electron chi connectivity index (χ2n) is 4.85. The average molecular weight is 274 g/mol. The molecule has 110 valence electrons. The van der Waals surface area contributed by atoms with E-state index in [2.05, 4.69) is 5.32 Å². The molecule has 0 bridgehead atoms. The number of nitrogens with zero attached hydrogens (tertiary/aromatic N) is 1. The number of rotatable bonds is 6. The molecule has 0 aliphatic carbocycles. The summed E-state index contributed by atoms with van der Waals surface area (Å²) < 4.78 is 5.26. The number of urea groups is 1. The molecule has 0 saturated carbocycles. The summed E-state index contributed by atoms with van der Waals surface area (Å²) in [5.74, 6) is -0.702. The van der Waals surface area contributed by atoms with Crippen LogP contribution in [0.2, 0.25) is 0 Å². The number of aliphatic carboxylic acids is 1. The van der Waals surface area contributed by atoms with Gasteiger partial charge in [-0.2, -0.15) is 0 Å². The minimum Gasteiger partial charge on any atom is -0.481 e. The molecule has 0 aromatic carbocycles. The average Bonchev–Trinajstić information content (AvgIpc) is 2.42. The maximum absolute atomic E-state index is 11.9. The van der Waals surface area contributed by atoms with Crippen molar-refractivity contribution in [3.05, 3.63) is 0 Å². The van der Waals surface area contributed by atoms with Crippen LogP contribution in [0.4, 0.5) is 4.79 Å². The number of carboxylic acids is 1. The molecule has 0 aromatic heterocycles. The first-order valence-corrected chi connectivity index (χ1v) is 6.50. The number of carboxylic acid groups (broad SMARTS) is 1. The van der Waals surface area contributed by atoms with Gasteiger partial charge >= 0.3 is 12.0 Å². The van der Waals surface area contributed by atoms with Crippen LogP contribution < -0.4 is 5.32 Å². The summed E-state index contributed by atoms with van der Waals surface area (Å²) in [5, 5.41) is 20.3. The van der Waals surface area contributed by atoms with Gasteiger partial charge in [0, 0.05) is 19.5 Å². The van der Waals surface area contributed by atoms with Crippen LogP contribution in [-0.2, 0) is 9.53 Å². The van der Waals surface area contributed by atoms with E-state index < -0.39 is 5.97 Å². The lowest BCUT2D eigenvalue weighted by Crippen LogP contribution is -2.51. The maximum Gasteiger partial charge on any atom is 0.317 e. The molecule has 2 unspecified atom stereocenters. The number of hydrogen-bond donors (Lipinski definition) is 3. The number of amides is 2. The monoisotopic (exact) mass is 274 g/mol. The van der Waals surface area contributed by atoms with Crippen molar-refractivity contribution >= 4 is 12.0 Å². The predicted molar refractivity (Wildman–Crippen MR) is 67.8 cm³/mol. The highest BCUT2D eigenvalue weighted by Gasteiger charge is 2.23. The molecule has 0 spiro atoms. The van der Waals surface area contributed by atoms with Gasteiger partial charge in [-0.15, -0.1) is 0 Å². The summed E-state index contributed by atoms with van der Waals surface area (Å²) in [5.41, 5.74) is 0. The highest BCUT2D eigenvalue weighted by Crippen LogP contribution is 2.07. The van der Waals surface area contributed by atoms with E-state index in [0.717, 1.165) is 0 Å². The van der Waals surface area contributed by atoms with E-state index in [1.165, 1.54) is 0 Å². The quantitative estimate of drug-likeness (QED) is 0.627. The third-order valence-electron chi connectivity index (χ3n) is 3.08. The summed E-state index contributed by atoms with van der Waals surface area (Å²) in [7, 11) is 0. The number of aliphatic hydroxyl groups excluding tert-OH is 1. The molecule has 1 aliphatic rings. The molecule has 1 aliphatic heterocycles. The lowest BCUT2D eigenvalue weighted by molar-refractivity contribution is -0.137. The molecule has 7 heteroatoms. The minimum atomic E-state index is -0.822. The molecule has 1 fully saturated rings. The SMILES string of the molecule is CC(CCC(=O)O)CNC(=O)N1CCOC(CO)C1. The highest BCUT2D eigenvalue weighted by atomic mass is 16.5. The highest BCUT2D eigenvalue weighted by molar-refractivity contribution is 5.74. The van der Waals surface area contributed by atoms with Gasteiger partial charge in [0.2, 0.25) is 0 Å². The molecule has 0 radical (unpaired) electrons. The Bertz CT molecular complexity index is 310. The molecule has 2 atom stereocenters. The fraction of sp³-hybridized carbons (Fsp3) is 0.833. The molecule has 0 aromatic rings. The Labute approximate surface area is 112 Å². The van der Waals surface area contributed by atoms with Crippen LogP contribution in [-0.4, -0.2) is 66.1 Å². The van der Waals surface area contributed by atoms with Gasteiger partial charge in [-0.1, -0.05) is 6.92 Å². The van der Waals surface area contributed by atoms with Crippen molar-refractivity contribution in [2.24, 2.45) is 5.92 Å². The Morgan fingerprint density at radius 1 is 1.53 bits per heavy atom. The van der Waals surface area contributed by atoms with Gasteiger partial charge in [0.15, 0.2) is 0 Å². The first-order valence-electron chi connectivity index (χ1n) is 6.50. The topological polar surface area (TPSA) is 99.1 Å². The Morgan fingerprint density at radius 2 is 2.26 bits per heavy atom. The summed E-state index contributed by atoms with van der Waals surface area (Å²) in [6, 6.07) is -0.191. The van der Waals surface area contributed by atoms with Gasteiger partial charge in [0.25, 0.3) is 0 Å². The van der Waals surface area contributed by atoms with E-state index >= 15 is 0 Å². The first-order chi connectivity index (χ1) is 9.02. The number of carbonyl (C=O) groups excluding carboxylic acids is 1. The zero-order chi connectivity index (χ0) is 14.3. The third-order valence-corrected chi connectivity index (χ3v) is 3.08. The minimum absolute atomic E-state index is 0.0984. The Hall–Kier alpha value is -1.34. The van der Waals surface area contributed by atoms with Gasteiger partial charge in [0.05, 0.1) is 25.9 Å². The summed E-state index contributed by atoms with van der Waals surface area (Å²) in [6.45, 7) is 3.57. The summed E-state index contributed by atoms with van der Waals surface area (Å²) in [4.78, 5) is 23.9. The van der Waals surface area contributed by atoms with Crippen LogP contribution in [0.25, 0.3) is 0 Å². The predicted octanol–water partition coefficient (Wildman–Crippen LogP) is -0.110. The van der Waals surface area contributed by atoms with Crippen molar-refractivity contribution in [3.8, 4) is 0 Å². The van der Waals surface area contributed by atoms with Crippen molar-refractivity contribution in [2.75, 3.05) is 32.8 Å². The van der Waals surface area contributed by atoms with Crippen LogP contribution >= 0.6 is 0 Å². The van der Waals surface area contributed by atoms with Gasteiger partial charge < -0.3 is 25.2 Å². The number of hydrogen-bond acceptors (Lipinski definition) is 4. The molecule has 1 rings (SSSR count). The molecule has 3 N–H and O–H groups in total. The number of carbonyl (C=O) groups is 2. The van der Waals surface area contributed by atoms with E-state index in [9.17, 15) is 9.59 Å². The van der Waals surface area contributed by atoms with E-state index in [0.29, 0.717) is 32.7 Å². The number of nitrogens with one attached hydrogen (secondary N) is 1. The van der Waals surface area contributed by atoms with Gasteiger partial charge in [0.1, 0.15) is 0 Å². The van der Waals surface area contributed by atoms with E-state index in [1.54, 1.807) is 4.90 Å². The number of aliphatic hydroxyl groups is 1. The van der Waals surface area contributed by atoms with Gasteiger partial charge in [-0.25, -0.2) is 4.79 Å². The fourth-order valence-electron chi connectivity index (χ4n) is 1.86. The zero-order valence-corrected chi connectivity index (χ0v) is 11.2. The lowest BCUT2D eigenvalue weighted by Gasteiger charge is -2.32. The van der Waals surface area contributed by atoms with Crippen LogP contribution in [0.15, 0.2) is 0 Å². The summed E-state index contributed by atoms with van der Waals surface area (Å²) in [6.07, 6.45) is 0.336. The van der Waals surface area contributed by atoms with Crippen molar-refractivity contribution in [1.82, 2.24) is 10.2 Å². The van der Waals surface area contributed by atoms with E-state index in [4.69, 9.17) is 14.9 Å². The van der Waals surface area contributed by atoms with Crippen molar-refractivity contribution in [2.45, 2.75) is 25.9 Å². The molecule has 7 nitrogen and oxygen atoms in total. The van der Waals surface area contributed by atoms with E-state index in [1.807, 2.05) is 6.92 Å². The molecule has 19 heavy (non-hydrogen) atoms. The number of ether oxygens (including phenoxy) is 1. The molecular weight excluding hydrogens is 252 g/mol. The number of morpholine rings is 1. The second-order valence-corrected chi connectivity index (χ2v) is 4.85. The lowest BCUT2D eigenvalue weighted by atomic mass is 10.1. The Balaban J connectivity index is 2.24. The van der Waals surface area contributed by atoms with Crippen LogP contribution in [0, 0.1) is 5.92 Å². The zero-order valence-electron chi connectivity index (χ0n) is 11.2. The van der Waals surface area contributed by atoms with Crippen molar-refractivity contribution in [1.29, 1.82) is 0 Å². The van der Waals surface area contributed by atoms with Crippen LogP contribution in [0.3, 0.4) is 0 Å². The molecule has 1 heterocycles. The van der Waals surface area contributed by atoms with Crippen molar-refractivity contribution < 1.29 is 24.5 Å². The molecular formula is C12H22N2O5. The third kappa shape index (κ3) is 5.89. The van der Waals surface area contributed by atoms with Gasteiger partial charge in [-0.3, -0.25) is 4.79 Å². The van der Waals surface area contributed by atoms with Crippen LogP contribution in [0.5, 0.6) is 0 Å². The Morgan fingerprint density at radius 3 is 2.89 bits per heavy atom. The maximum atomic E-state index is 11.9. The fourth-order valence-corrected chi connectivity index (χ4v) is 1.86. The molecule has 2 amide bonds. The van der Waals surface area contributed by atoms with Crippen molar-refractivity contribution in [3.63, 3.8) is 0 Å². The second kappa shape index (κ2) is 7.96. The van der Waals surface area contributed by atoms with Gasteiger partial charge in [-0.05, 0) is 12.3 Å². The van der Waals surface area contributed by atoms with Crippen LogP contribution in [0.1, 0.15) is 19.8 Å². The summed E-state index contributed by atoms with van der Waals surface area (Å²) >= 11 is 0. The first kappa shape index (κ1) is 15.7. The normalized spacial score (nSPS) is 20.9. The molecule has 1 saturated heterocycles. The smallest absolute Gasteiger partial charge is 0.317 e. The standard InChI is InChI=1S/C12H22N2O5/c1-9(2-3-11(16)17)6-13-12(18)14-4-5-19-10(7-14)8-15/h9-10,15H,2-8H2,1H3,(H,13,18)(H,16,17). The van der Waals surface area contributed by atoms with E-state index in [-0.39, 0.29) is 31.1 Å².